The average molecular weight is 338 g/mol. The van der Waals surface area contributed by atoms with Crippen LogP contribution in [-0.2, 0) is 27.7 Å². The first-order chi connectivity index (χ1) is 10.8. The lowest BCUT2D eigenvalue weighted by molar-refractivity contribution is -0.131. The summed E-state index contributed by atoms with van der Waals surface area (Å²) < 4.78 is 24.4. The molecule has 128 valence electrons. The van der Waals surface area contributed by atoms with E-state index in [0.717, 1.165) is 12.0 Å². The number of rotatable bonds is 5. The van der Waals surface area contributed by atoms with E-state index in [2.05, 4.69) is 26.0 Å². The van der Waals surface area contributed by atoms with E-state index in [1.807, 2.05) is 12.1 Å². The van der Waals surface area contributed by atoms with Crippen molar-refractivity contribution in [3.63, 3.8) is 0 Å². The Labute approximate surface area is 139 Å². The van der Waals surface area contributed by atoms with Crippen LogP contribution in [0.25, 0.3) is 0 Å². The normalized spacial score (nSPS) is 16.8. The number of nitrogens with zero attached hydrogens (tertiary/aromatic N) is 2. The van der Waals surface area contributed by atoms with Gasteiger partial charge in [-0.3, -0.25) is 4.79 Å². The van der Waals surface area contributed by atoms with Crippen molar-refractivity contribution in [2.24, 2.45) is 5.92 Å². The van der Waals surface area contributed by atoms with Crippen molar-refractivity contribution in [1.82, 2.24) is 9.21 Å². The summed E-state index contributed by atoms with van der Waals surface area (Å²) in [5, 5.41) is 0. The van der Waals surface area contributed by atoms with Crippen LogP contribution in [-0.4, -0.2) is 56.0 Å². The average Bonchev–Trinajstić information content (AvgIpc) is 2.48. The number of hydrogen-bond donors (Lipinski definition) is 0. The lowest BCUT2D eigenvalue weighted by Crippen LogP contribution is -2.50. The standard InChI is InChI=1S/C17H26N2O3S/c1-14(2)12-15-4-6-16(7-5-15)13-17(20)18-8-10-19(11-9-18)23(3,21)22/h4-7,14H,8-13H2,1-3H3. The zero-order valence-electron chi connectivity index (χ0n) is 14.2. The summed E-state index contributed by atoms with van der Waals surface area (Å²) in [6.07, 6.45) is 2.63. The molecule has 6 heteroatoms. The van der Waals surface area contributed by atoms with E-state index in [1.54, 1.807) is 4.90 Å². The van der Waals surface area contributed by atoms with Crippen LogP contribution < -0.4 is 0 Å². The first kappa shape index (κ1) is 17.9. The Kier molecular flexibility index (Phi) is 5.81. The van der Waals surface area contributed by atoms with E-state index in [9.17, 15) is 13.2 Å². The molecule has 2 rings (SSSR count). The molecular formula is C17H26N2O3S. The predicted molar refractivity (Wildman–Crippen MR) is 91.7 cm³/mol. The van der Waals surface area contributed by atoms with Crippen LogP contribution in [0.4, 0.5) is 0 Å². The minimum absolute atomic E-state index is 0.0646. The quantitative estimate of drug-likeness (QED) is 0.818. The van der Waals surface area contributed by atoms with Crippen LogP contribution in [0.2, 0.25) is 0 Å². The molecule has 1 aliphatic rings. The van der Waals surface area contributed by atoms with E-state index >= 15 is 0 Å². The first-order valence-electron chi connectivity index (χ1n) is 8.06. The van der Waals surface area contributed by atoms with Crippen LogP contribution in [0.3, 0.4) is 0 Å². The maximum atomic E-state index is 12.3. The van der Waals surface area contributed by atoms with E-state index in [4.69, 9.17) is 0 Å². The van der Waals surface area contributed by atoms with Crippen molar-refractivity contribution in [1.29, 1.82) is 0 Å². The molecule has 1 amide bonds. The van der Waals surface area contributed by atoms with Crippen LogP contribution >= 0.6 is 0 Å². The number of carbonyl (C=O) groups excluding carboxylic acids is 1. The second kappa shape index (κ2) is 7.45. The van der Waals surface area contributed by atoms with Gasteiger partial charge in [-0.05, 0) is 23.5 Å². The molecule has 0 unspecified atom stereocenters. The highest BCUT2D eigenvalue weighted by molar-refractivity contribution is 7.88. The fourth-order valence-corrected chi connectivity index (χ4v) is 3.65. The summed E-state index contributed by atoms with van der Waals surface area (Å²) in [5.41, 5.74) is 2.30. The van der Waals surface area contributed by atoms with Crippen LogP contribution in [0, 0.1) is 5.92 Å². The molecule has 1 aromatic rings. The highest BCUT2D eigenvalue weighted by Crippen LogP contribution is 2.12. The van der Waals surface area contributed by atoms with Crippen molar-refractivity contribution < 1.29 is 13.2 Å². The van der Waals surface area contributed by atoms with Gasteiger partial charge in [-0.2, -0.15) is 4.31 Å². The third-order valence-corrected chi connectivity index (χ3v) is 5.39. The molecule has 0 aromatic heterocycles. The Morgan fingerprint density at radius 1 is 1.04 bits per heavy atom. The predicted octanol–water partition coefficient (Wildman–Crippen LogP) is 1.53. The molecule has 0 N–H and O–H groups in total. The van der Waals surface area contributed by atoms with Crippen molar-refractivity contribution in [2.45, 2.75) is 26.7 Å². The van der Waals surface area contributed by atoms with E-state index in [0.29, 0.717) is 38.5 Å². The van der Waals surface area contributed by atoms with Crippen molar-refractivity contribution in [3.8, 4) is 0 Å². The maximum Gasteiger partial charge on any atom is 0.227 e. The lowest BCUT2D eigenvalue weighted by Gasteiger charge is -2.33. The van der Waals surface area contributed by atoms with E-state index in [1.165, 1.54) is 16.1 Å². The summed E-state index contributed by atoms with van der Waals surface area (Å²) >= 11 is 0. The molecular weight excluding hydrogens is 312 g/mol. The Morgan fingerprint density at radius 3 is 2.04 bits per heavy atom. The zero-order chi connectivity index (χ0) is 17.0. The number of piperazine rings is 1. The topological polar surface area (TPSA) is 57.7 Å². The molecule has 0 saturated carbocycles. The second-order valence-corrected chi connectivity index (χ2v) is 8.62. The number of benzene rings is 1. The molecule has 1 aliphatic heterocycles. The number of carbonyl (C=O) groups is 1. The monoisotopic (exact) mass is 338 g/mol. The van der Waals surface area contributed by atoms with Gasteiger partial charge in [-0.1, -0.05) is 38.1 Å². The Balaban J connectivity index is 1.88. The van der Waals surface area contributed by atoms with Crippen molar-refractivity contribution in [3.05, 3.63) is 35.4 Å². The largest absolute Gasteiger partial charge is 0.340 e. The van der Waals surface area contributed by atoms with Gasteiger partial charge in [0.1, 0.15) is 0 Å². The number of hydrogen-bond acceptors (Lipinski definition) is 3. The van der Waals surface area contributed by atoms with Crippen LogP contribution in [0.5, 0.6) is 0 Å². The van der Waals surface area contributed by atoms with E-state index in [-0.39, 0.29) is 5.91 Å². The van der Waals surface area contributed by atoms with Gasteiger partial charge in [0.25, 0.3) is 0 Å². The van der Waals surface area contributed by atoms with Gasteiger partial charge in [0.15, 0.2) is 0 Å². The Bertz CT molecular complexity index is 630. The van der Waals surface area contributed by atoms with Crippen LogP contribution in [0.15, 0.2) is 24.3 Å². The Morgan fingerprint density at radius 2 is 1.57 bits per heavy atom. The van der Waals surface area contributed by atoms with Gasteiger partial charge in [-0.15, -0.1) is 0 Å². The summed E-state index contributed by atoms with van der Waals surface area (Å²) in [5.74, 6) is 0.684. The molecule has 23 heavy (non-hydrogen) atoms. The second-order valence-electron chi connectivity index (χ2n) is 6.63. The SMILES string of the molecule is CC(C)Cc1ccc(CC(=O)N2CCN(S(C)(=O)=O)CC2)cc1. The molecule has 1 fully saturated rings. The number of sulfonamides is 1. The van der Waals surface area contributed by atoms with Gasteiger partial charge in [0.05, 0.1) is 12.7 Å². The van der Waals surface area contributed by atoms with E-state index < -0.39 is 10.0 Å². The van der Waals surface area contributed by atoms with Gasteiger partial charge < -0.3 is 4.90 Å². The number of amides is 1. The molecule has 0 bridgehead atoms. The minimum atomic E-state index is -3.15. The third-order valence-electron chi connectivity index (χ3n) is 4.08. The molecule has 0 aliphatic carbocycles. The van der Waals surface area contributed by atoms with Crippen LogP contribution in [0.1, 0.15) is 25.0 Å². The molecule has 1 saturated heterocycles. The summed E-state index contributed by atoms with van der Waals surface area (Å²) in [6, 6.07) is 8.21. The van der Waals surface area contributed by atoms with Gasteiger partial charge in [0.2, 0.25) is 15.9 Å². The fraction of sp³-hybridized carbons (Fsp3) is 0.588. The summed E-state index contributed by atoms with van der Waals surface area (Å²) in [4.78, 5) is 14.1. The molecule has 1 aromatic carbocycles. The highest BCUT2D eigenvalue weighted by Gasteiger charge is 2.25. The Hall–Kier alpha value is -1.40. The first-order valence-corrected chi connectivity index (χ1v) is 9.91. The molecule has 5 nitrogen and oxygen atoms in total. The molecule has 0 radical (unpaired) electrons. The molecule has 0 atom stereocenters. The fourth-order valence-electron chi connectivity index (χ4n) is 2.82. The summed E-state index contributed by atoms with van der Waals surface area (Å²) in [6.45, 7) is 6.09. The molecule has 0 spiro atoms. The zero-order valence-corrected chi connectivity index (χ0v) is 15.0. The van der Waals surface area contributed by atoms with Crippen molar-refractivity contribution in [2.75, 3.05) is 32.4 Å². The maximum absolute atomic E-state index is 12.3. The smallest absolute Gasteiger partial charge is 0.227 e. The van der Waals surface area contributed by atoms with Crippen molar-refractivity contribution >= 4 is 15.9 Å². The third kappa shape index (κ3) is 5.32. The minimum Gasteiger partial charge on any atom is -0.340 e. The lowest BCUT2D eigenvalue weighted by atomic mass is 10.0. The summed E-state index contributed by atoms with van der Waals surface area (Å²) in [7, 11) is -3.15. The van der Waals surface area contributed by atoms with Gasteiger partial charge >= 0.3 is 0 Å². The van der Waals surface area contributed by atoms with Gasteiger partial charge in [-0.25, -0.2) is 8.42 Å². The molecule has 1 heterocycles. The van der Waals surface area contributed by atoms with Gasteiger partial charge in [0, 0.05) is 26.2 Å². The highest BCUT2D eigenvalue weighted by atomic mass is 32.2.